The second kappa shape index (κ2) is 34.3. The summed E-state index contributed by atoms with van der Waals surface area (Å²) in [5.74, 6) is 31.0. The maximum Gasteiger partial charge on any atom is 0.156 e. The van der Waals surface area contributed by atoms with Crippen molar-refractivity contribution in [3.8, 4) is 0 Å². The van der Waals surface area contributed by atoms with Crippen molar-refractivity contribution in [2.24, 2.45) is 187 Å². The van der Waals surface area contributed by atoms with Gasteiger partial charge in [0.05, 0.1) is 0 Å². The molecule has 4 heteroatoms. The van der Waals surface area contributed by atoms with E-state index in [1.165, 1.54) is 77.0 Å². The van der Waals surface area contributed by atoms with Gasteiger partial charge in [0.1, 0.15) is 0 Å². The Morgan fingerprint density at radius 1 is 0.203 bits per heavy atom. The molecule has 21 rings (SSSR count). The topological polar surface area (TPSA) is 9.72 Å². The summed E-state index contributed by atoms with van der Waals surface area (Å²) >= 11 is 0. The van der Waals surface area contributed by atoms with E-state index in [4.69, 9.17) is 0 Å². The Labute approximate surface area is 731 Å². The van der Waals surface area contributed by atoms with Gasteiger partial charge in [-0.15, -0.1) is 0 Å². The minimum atomic E-state index is 0.429. The zero-order valence-electron chi connectivity index (χ0n) is 80.0. The molecule has 21 fully saturated rings. The van der Waals surface area contributed by atoms with Gasteiger partial charge in [-0.25, -0.2) is 0 Å². The molecule has 2 saturated heterocycles. The third-order valence-electron chi connectivity index (χ3n) is 47.0. The number of hydrogen-bond acceptors (Lipinski definition) is 3. The molecule has 19 aliphatic carbocycles. The van der Waals surface area contributed by atoms with Crippen molar-refractivity contribution in [1.82, 2.24) is 14.7 Å². The number of fused-ring (bicyclic) bond motifs is 4. The molecule has 3 nitrogen and oxygen atoms in total. The number of nitrogens with zero attached hydrogens (tertiary/aromatic N) is 3. The van der Waals surface area contributed by atoms with Crippen LogP contribution in [-0.4, -0.2) is 75.8 Å². The van der Waals surface area contributed by atoms with E-state index in [0.717, 1.165) is 244 Å². The van der Waals surface area contributed by atoms with Crippen molar-refractivity contribution in [3.63, 3.8) is 0 Å². The average Bonchev–Trinajstić information content (AvgIpc) is 0.693. The third-order valence-corrected chi connectivity index (χ3v) is 47.0. The molecule has 21 aliphatic rings. The van der Waals surface area contributed by atoms with Crippen LogP contribution in [0.1, 0.15) is 455 Å². The van der Waals surface area contributed by atoms with Crippen molar-refractivity contribution < 1.29 is 0 Å². The molecular weight excluding hydrogens is 1420 g/mol. The van der Waals surface area contributed by atoms with Crippen LogP contribution < -0.4 is 0 Å². The van der Waals surface area contributed by atoms with Crippen molar-refractivity contribution in [1.29, 1.82) is 0 Å². The minimum absolute atomic E-state index is 0.429. The van der Waals surface area contributed by atoms with E-state index < -0.39 is 0 Å². The molecule has 0 N–H and O–H groups in total. The van der Waals surface area contributed by atoms with Gasteiger partial charge in [-0.05, 0) is 423 Å². The van der Waals surface area contributed by atoms with E-state index in [1.54, 1.807) is 295 Å². The first kappa shape index (κ1) is 84.8. The van der Waals surface area contributed by atoms with Gasteiger partial charge in [-0.2, -0.15) is 0 Å². The van der Waals surface area contributed by atoms with Crippen molar-refractivity contribution in [2.45, 2.75) is 527 Å². The van der Waals surface area contributed by atoms with Crippen LogP contribution in [0, 0.1) is 187 Å². The summed E-state index contributed by atoms with van der Waals surface area (Å²) < 4.78 is 0. The summed E-state index contributed by atoms with van der Waals surface area (Å²) in [4.78, 5) is 11.5. The standard InChI is InChI=1S/C114H192BN3/c1-111(2,3)87-57-81-33-35-83-59-89(113(7,8)9)67-98-96(63-85(61-87)106(81)108(83)98)79-45-55-100-102(65-79)117(93-51-41-77(42-52-93)73-29-21-15-22-30-73)104-69-95(116(91-47-37-75(38-48-91)71-25-17-13-18-26-71)92-49-39-76(40-50-92)72-27-19-14-20-28-72)70-105-110(104)115(100)101-56-46-80(66-103(101)118(105)94-53-43-78(44-54-94)74-31-23-16-24-32-74)97-64-86-62-88(112(4,5)6)58-82-34-36-84-60-90(114(10,11)12)68-99(97)109(84)107(82)86/h71-110H,13-70H2,1-12H3. The fourth-order valence-corrected chi connectivity index (χ4v) is 41.6. The van der Waals surface area contributed by atoms with Crippen LogP contribution in [0.3, 0.4) is 0 Å². The molecule has 0 spiro atoms. The summed E-state index contributed by atoms with van der Waals surface area (Å²) in [6.45, 7) is 33.6. The Morgan fingerprint density at radius 2 is 0.475 bits per heavy atom. The second-order valence-electron chi connectivity index (χ2n) is 55.5. The highest BCUT2D eigenvalue weighted by Gasteiger charge is 2.70. The van der Waals surface area contributed by atoms with Gasteiger partial charge in [-0.1, -0.05) is 237 Å². The first-order chi connectivity index (χ1) is 57.0. The van der Waals surface area contributed by atoms with Gasteiger partial charge in [0.25, 0.3) is 0 Å². The van der Waals surface area contributed by atoms with E-state index in [2.05, 4.69) is 97.8 Å². The fourth-order valence-electron chi connectivity index (χ4n) is 41.6. The van der Waals surface area contributed by atoms with E-state index in [9.17, 15) is 0 Å². The van der Waals surface area contributed by atoms with Gasteiger partial charge in [0.2, 0.25) is 0 Å². The molecule has 0 aromatic rings. The SMILES string of the molecule is CC(C)(C)C1CC2CCC3CC(C(C)(C)C)CC4C(C5CCC6B7C8CCC(C9CC%10CC(C(C)(C)C)CC%11CCC%12CC(C(C)(C)C)CC9C%12C%11%10)CC8N(C8CCC(C9CCCCC9)CC8)C8CC(N(C9CCC(C%10CCCCC%10)CC9)C9CCC(C%10CCCCC%10)CC9)CC(C78)N(C7CCC(C8CCCCC8)CC7)C6C5)CC(C1)C2C34. The Morgan fingerprint density at radius 3 is 0.797 bits per heavy atom. The van der Waals surface area contributed by atoms with E-state index in [0.29, 0.717) is 21.7 Å². The van der Waals surface area contributed by atoms with Crippen LogP contribution >= 0.6 is 0 Å². The Bertz CT molecular complexity index is 3040. The van der Waals surface area contributed by atoms with Gasteiger partial charge in [0.15, 0.2) is 6.71 Å². The molecule has 666 valence electrons. The molecule has 0 bridgehead atoms. The van der Waals surface area contributed by atoms with E-state index in [1.807, 2.05) is 0 Å². The van der Waals surface area contributed by atoms with Gasteiger partial charge in [-0.3, -0.25) is 14.7 Å². The Balaban J connectivity index is 0.696. The Hall–Kier alpha value is -0.0551. The largest absolute Gasteiger partial charge is 0.295 e. The zero-order valence-corrected chi connectivity index (χ0v) is 80.0. The van der Waals surface area contributed by atoms with Gasteiger partial charge >= 0.3 is 0 Å². The van der Waals surface area contributed by atoms with Gasteiger partial charge in [0, 0.05) is 54.4 Å². The lowest BCUT2D eigenvalue weighted by molar-refractivity contribution is -0.157. The molecule has 118 heavy (non-hydrogen) atoms. The third kappa shape index (κ3) is 16.2. The van der Waals surface area contributed by atoms with Crippen molar-refractivity contribution in [2.75, 3.05) is 0 Å². The summed E-state index contributed by atoms with van der Waals surface area (Å²) in [7, 11) is 0. The van der Waals surface area contributed by atoms with Crippen molar-refractivity contribution >= 4 is 6.71 Å². The molecule has 0 aromatic carbocycles. The predicted octanol–water partition coefficient (Wildman–Crippen LogP) is 31.2. The van der Waals surface area contributed by atoms with Crippen LogP contribution in [0.25, 0.3) is 0 Å². The smallest absolute Gasteiger partial charge is 0.156 e. The Kier molecular flexibility index (Phi) is 24.7. The molecule has 0 aromatic heterocycles. The molecule has 2 aliphatic heterocycles. The lowest BCUT2D eigenvalue weighted by Crippen LogP contribution is -2.76. The van der Waals surface area contributed by atoms with Crippen LogP contribution in [0.4, 0.5) is 0 Å². The first-order valence-corrected chi connectivity index (χ1v) is 56.3. The minimum Gasteiger partial charge on any atom is -0.295 e. The molecule has 26 unspecified atom stereocenters. The highest BCUT2D eigenvalue weighted by Crippen LogP contribution is 2.73. The molecule has 26 atom stereocenters. The summed E-state index contributed by atoms with van der Waals surface area (Å²) in [5, 5.41) is 0. The summed E-state index contributed by atoms with van der Waals surface area (Å²) in [5.41, 5.74) is 1.74. The highest BCUT2D eigenvalue weighted by molar-refractivity contribution is 6.65. The van der Waals surface area contributed by atoms with Gasteiger partial charge < -0.3 is 0 Å². The van der Waals surface area contributed by atoms with E-state index >= 15 is 0 Å². The maximum atomic E-state index is 3.88. The lowest BCUT2D eigenvalue weighted by atomic mass is 9.18. The second-order valence-corrected chi connectivity index (χ2v) is 55.5. The summed E-state index contributed by atoms with van der Waals surface area (Å²) in [6, 6.07) is 7.42. The first-order valence-electron chi connectivity index (χ1n) is 56.3. The van der Waals surface area contributed by atoms with Crippen LogP contribution in [0.2, 0.25) is 17.5 Å². The fraction of sp³-hybridized carbons (Fsp3) is 1.00. The molecule has 0 amide bonds. The molecule has 2 heterocycles. The maximum absolute atomic E-state index is 3.88. The molecule has 0 radical (unpaired) electrons. The normalized spacial score (nSPS) is 50.0. The van der Waals surface area contributed by atoms with Crippen LogP contribution in [-0.2, 0) is 0 Å². The van der Waals surface area contributed by atoms with Crippen LogP contribution in [0.5, 0.6) is 0 Å². The van der Waals surface area contributed by atoms with Crippen LogP contribution in [0.15, 0.2) is 0 Å². The highest BCUT2D eigenvalue weighted by atomic mass is 15.3. The number of hydrogen-bond donors (Lipinski definition) is 0. The molecule has 19 saturated carbocycles. The van der Waals surface area contributed by atoms with E-state index in [-0.39, 0.29) is 0 Å². The molecular formula is C114H192BN3. The zero-order chi connectivity index (χ0) is 80.4. The average molecular weight is 1620 g/mol. The quantitative estimate of drug-likeness (QED) is 0.191. The predicted molar refractivity (Wildman–Crippen MR) is 500 cm³/mol. The lowest BCUT2D eigenvalue weighted by Gasteiger charge is -2.71. The summed E-state index contributed by atoms with van der Waals surface area (Å²) in [6.07, 6.45) is 91.5. The van der Waals surface area contributed by atoms with Crippen molar-refractivity contribution in [3.05, 3.63) is 0 Å². The monoisotopic (exact) mass is 1610 g/mol. The number of rotatable bonds is 11.